The van der Waals surface area contributed by atoms with Crippen LogP contribution in [0.15, 0.2) is 36.4 Å². The molecule has 1 aromatic heterocycles. The molecule has 3 aromatic rings. The number of hydrogen-bond acceptors (Lipinski definition) is 4. The Bertz CT molecular complexity index is 1340. The van der Waals surface area contributed by atoms with Gasteiger partial charge in [0.15, 0.2) is 0 Å². The summed E-state index contributed by atoms with van der Waals surface area (Å²) in [5, 5.41) is 11.1. The van der Waals surface area contributed by atoms with Crippen LogP contribution in [0.1, 0.15) is 72.3 Å². The van der Waals surface area contributed by atoms with Gasteiger partial charge in [-0.05, 0) is 80.3 Å². The van der Waals surface area contributed by atoms with Gasteiger partial charge < -0.3 is 24.2 Å². The molecule has 3 heterocycles. The molecule has 1 saturated carbocycles. The van der Waals surface area contributed by atoms with E-state index in [9.17, 15) is 9.90 Å². The largest absolute Gasteiger partial charge is 0.478 e. The molecule has 0 radical (unpaired) electrons. The highest BCUT2D eigenvalue weighted by Crippen LogP contribution is 2.47. The second-order valence-electron chi connectivity index (χ2n) is 12.1. The molecule has 1 atom stereocenters. The predicted molar refractivity (Wildman–Crippen MR) is 158 cm³/mol. The first kappa shape index (κ1) is 26.4. The summed E-state index contributed by atoms with van der Waals surface area (Å²) in [6, 6.07) is 12.8. The van der Waals surface area contributed by atoms with Gasteiger partial charge in [0, 0.05) is 62.0 Å². The van der Waals surface area contributed by atoms with Crippen molar-refractivity contribution in [2.75, 3.05) is 51.3 Å². The Morgan fingerprint density at radius 3 is 2.62 bits per heavy atom. The van der Waals surface area contributed by atoms with E-state index in [4.69, 9.17) is 4.74 Å². The van der Waals surface area contributed by atoms with Crippen molar-refractivity contribution in [2.24, 2.45) is 5.92 Å². The van der Waals surface area contributed by atoms with E-state index in [2.05, 4.69) is 45.6 Å². The van der Waals surface area contributed by atoms with E-state index < -0.39 is 5.97 Å². The van der Waals surface area contributed by atoms with Crippen LogP contribution in [0, 0.1) is 12.8 Å². The van der Waals surface area contributed by atoms with Gasteiger partial charge in [0.25, 0.3) is 0 Å². The van der Waals surface area contributed by atoms with E-state index in [-0.39, 0.29) is 0 Å². The van der Waals surface area contributed by atoms with Crippen molar-refractivity contribution < 1.29 is 14.6 Å². The lowest BCUT2D eigenvalue weighted by molar-refractivity contribution is 0.0697. The smallest absolute Gasteiger partial charge is 0.335 e. The number of carboxylic acid groups (broad SMARTS) is 1. The molecule has 1 aliphatic carbocycles. The van der Waals surface area contributed by atoms with Crippen molar-refractivity contribution >= 4 is 22.6 Å². The second-order valence-corrected chi connectivity index (χ2v) is 12.1. The molecule has 6 rings (SSSR count). The van der Waals surface area contributed by atoms with Crippen molar-refractivity contribution in [3.63, 3.8) is 0 Å². The van der Waals surface area contributed by atoms with Crippen molar-refractivity contribution in [3.8, 4) is 11.3 Å². The summed E-state index contributed by atoms with van der Waals surface area (Å²) in [5.74, 6) is 0.308. The highest BCUT2D eigenvalue weighted by atomic mass is 16.5. The van der Waals surface area contributed by atoms with Crippen LogP contribution in [-0.4, -0.2) is 67.0 Å². The van der Waals surface area contributed by atoms with Gasteiger partial charge in [0.2, 0.25) is 0 Å². The van der Waals surface area contributed by atoms with Gasteiger partial charge in [-0.15, -0.1) is 0 Å². The summed E-state index contributed by atoms with van der Waals surface area (Å²) in [6.45, 7) is 9.18. The summed E-state index contributed by atoms with van der Waals surface area (Å²) < 4.78 is 7.92. The van der Waals surface area contributed by atoms with Crippen LogP contribution in [0.5, 0.6) is 0 Å². The number of likely N-dealkylation sites (tertiary alicyclic amines) is 1. The molecule has 6 heteroatoms. The van der Waals surface area contributed by atoms with E-state index in [0.717, 1.165) is 44.8 Å². The number of aromatic carboxylic acids is 1. The Kier molecular flexibility index (Phi) is 7.68. The number of ether oxygens (including phenoxy) is 1. The third kappa shape index (κ3) is 5.21. The van der Waals surface area contributed by atoms with E-state index >= 15 is 0 Å². The Hall–Kier alpha value is -2.83. The van der Waals surface area contributed by atoms with Crippen LogP contribution in [0.3, 0.4) is 0 Å². The fraction of sp³-hybridized carbons (Fsp3) is 0.545. The average molecular weight is 530 g/mol. The summed E-state index contributed by atoms with van der Waals surface area (Å²) in [4.78, 5) is 17.2. The third-order valence-electron chi connectivity index (χ3n) is 9.40. The number of anilines is 1. The summed E-state index contributed by atoms with van der Waals surface area (Å²) in [7, 11) is 1.81. The quantitative estimate of drug-likeness (QED) is 0.377. The van der Waals surface area contributed by atoms with E-state index in [0.29, 0.717) is 17.4 Å². The van der Waals surface area contributed by atoms with E-state index in [1.54, 1.807) is 6.07 Å². The van der Waals surface area contributed by atoms with E-state index in [1.165, 1.54) is 84.9 Å². The standard InChI is InChI=1S/C33H43N3O3/c1-23-10-12-28-29(19-23)35(16-15-34-14-6-7-24(21-34)22-39-2)17-18-36-30-20-26(33(37)38)11-13-27(30)31(32(28)36)25-8-4-3-5-9-25/h10-13,19-20,24-25H,3-9,14-18,21-22H2,1-2H3,(H,37,38). The Balaban J connectivity index is 1.40. The zero-order valence-electron chi connectivity index (χ0n) is 23.6. The fourth-order valence-electron chi connectivity index (χ4n) is 7.50. The van der Waals surface area contributed by atoms with Crippen LogP contribution < -0.4 is 4.90 Å². The molecular formula is C33H43N3O3. The number of rotatable bonds is 7. The number of methoxy groups -OCH3 is 1. The summed E-state index contributed by atoms with van der Waals surface area (Å²) in [6.07, 6.45) is 8.82. The molecule has 208 valence electrons. The number of carboxylic acids is 1. The number of benzene rings is 2. The third-order valence-corrected chi connectivity index (χ3v) is 9.40. The highest BCUT2D eigenvalue weighted by Gasteiger charge is 2.31. The van der Waals surface area contributed by atoms with Gasteiger partial charge >= 0.3 is 5.97 Å². The lowest BCUT2D eigenvalue weighted by Crippen LogP contribution is -2.42. The van der Waals surface area contributed by atoms with Gasteiger partial charge in [-0.1, -0.05) is 37.5 Å². The fourth-order valence-corrected chi connectivity index (χ4v) is 7.50. The predicted octanol–water partition coefficient (Wildman–Crippen LogP) is 6.54. The zero-order valence-corrected chi connectivity index (χ0v) is 23.6. The monoisotopic (exact) mass is 529 g/mol. The first-order valence-electron chi connectivity index (χ1n) is 15.0. The first-order valence-corrected chi connectivity index (χ1v) is 15.0. The van der Waals surface area contributed by atoms with Gasteiger partial charge in [-0.25, -0.2) is 4.79 Å². The molecule has 1 unspecified atom stereocenters. The number of carbonyl (C=O) groups is 1. The molecule has 0 spiro atoms. The molecule has 2 aliphatic heterocycles. The molecule has 0 bridgehead atoms. The van der Waals surface area contributed by atoms with Crippen LogP contribution in [-0.2, 0) is 11.3 Å². The van der Waals surface area contributed by atoms with Crippen LogP contribution >= 0.6 is 0 Å². The number of piperidine rings is 1. The number of hydrogen-bond donors (Lipinski definition) is 1. The Morgan fingerprint density at radius 2 is 1.82 bits per heavy atom. The number of fused-ring (bicyclic) bond motifs is 5. The molecule has 3 aliphatic rings. The second kappa shape index (κ2) is 11.3. The Morgan fingerprint density at radius 1 is 0.974 bits per heavy atom. The number of aryl methyl sites for hydroxylation is 1. The van der Waals surface area contributed by atoms with Gasteiger partial charge in [0.1, 0.15) is 0 Å². The maximum atomic E-state index is 11.9. The van der Waals surface area contributed by atoms with Gasteiger partial charge in [-0.2, -0.15) is 0 Å². The lowest BCUT2D eigenvalue weighted by Gasteiger charge is -2.34. The minimum atomic E-state index is -0.855. The van der Waals surface area contributed by atoms with Crippen molar-refractivity contribution in [3.05, 3.63) is 53.1 Å². The molecule has 0 amide bonds. The molecular weight excluding hydrogens is 486 g/mol. The first-order chi connectivity index (χ1) is 19.0. The molecule has 1 N–H and O–H groups in total. The van der Waals surface area contributed by atoms with Gasteiger partial charge in [-0.3, -0.25) is 0 Å². The normalized spacial score (nSPS) is 20.6. The summed E-state index contributed by atoms with van der Waals surface area (Å²) in [5.41, 5.74) is 8.16. The van der Waals surface area contributed by atoms with Crippen LogP contribution in [0.25, 0.3) is 22.2 Å². The minimum absolute atomic E-state index is 0.374. The van der Waals surface area contributed by atoms with Crippen LogP contribution in [0.4, 0.5) is 5.69 Å². The van der Waals surface area contributed by atoms with Gasteiger partial charge in [0.05, 0.1) is 17.9 Å². The maximum absolute atomic E-state index is 11.9. The Labute approximate surface area is 232 Å². The highest BCUT2D eigenvalue weighted by molar-refractivity contribution is 5.99. The lowest BCUT2D eigenvalue weighted by atomic mass is 9.81. The topological polar surface area (TPSA) is 57.9 Å². The van der Waals surface area contributed by atoms with E-state index in [1.807, 2.05) is 13.2 Å². The SMILES string of the molecule is COCC1CCCN(CCN2CCn3c(c(C4CCCCC4)c4ccc(C(=O)O)cc43)-c3ccc(C)cc32)C1. The van der Waals surface area contributed by atoms with Crippen molar-refractivity contribution in [2.45, 2.75) is 64.3 Å². The van der Waals surface area contributed by atoms with Crippen molar-refractivity contribution in [1.29, 1.82) is 0 Å². The minimum Gasteiger partial charge on any atom is -0.478 e. The average Bonchev–Trinajstić information content (AvgIpc) is 3.18. The molecule has 1 saturated heterocycles. The maximum Gasteiger partial charge on any atom is 0.335 e. The zero-order chi connectivity index (χ0) is 26.9. The molecule has 2 fully saturated rings. The van der Waals surface area contributed by atoms with Crippen LogP contribution in [0.2, 0.25) is 0 Å². The number of nitrogens with zero attached hydrogens (tertiary/aromatic N) is 3. The summed E-state index contributed by atoms with van der Waals surface area (Å²) >= 11 is 0. The van der Waals surface area contributed by atoms with Crippen molar-refractivity contribution in [1.82, 2.24) is 9.47 Å². The number of aromatic nitrogens is 1. The molecule has 6 nitrogen and oxygen atoms in total. The molecule has 39 heavy (non-hydrogen) atoms. The molecule has 2 aromatic carbocycles.